The van der Waals surface area contributed by atoms with Crippen LogP contribution >= 0.6 is 0 Å². The fourth-order valence-electron chi connectivity index (χ4n) is 4.22. The van der Waals surface area contributed by atoms with Gasteiger partial charge in [-0.2, -0.15) is 0 Å². The Morgan fingerprint density at radius 2 is 1.86 bits per heavy atom. The molecule has 7 heteroatoms. The van der Waals surface area contributed by atoms with E-state index in [9.17, 15) is 19.5 Å². The second kappa shape index (κ2) is 11.0. The monoisotopic (exact) mass is 475 g/mol. The van der Waals surface area contributed by atoms with Crippen molar-refractivity contribution in [1.29, 1.82) is 0 Å². The zero-order valence-corrected chi connectivity index (χ0v) is 20.7. The van der Waals surface area contributed by atoms with Crippen LogP contribution in [0.1, 0.15) is 56.8 Å². The Morgan fingerprint density at radius 3 is 2.51 bits per heavy atom. The van der Waals surface area contributed by atoms with Gasteiger partial charge in [0.2, 0.25) is 5.91 Å². The summed E-state index contributed by atoms with van der Waals surface area (Å²) in [5.74, 6) is -1.26. The third-order valence-corrected chi connectivity index (χ3v) is 6.25. The average Bonchev–Trinajstić information content (AvgIpc) is 2.81. The Balaban J connectivity index is 1.96. The highest BCUT2D eigenvalue weighted by Crippen LogP contribution is 2.31. The first kappa shape index (κ1) is 25.7. The summed E-state index contributed by atoms with van der Waals surface area (Å²) in [7, 11) is 1.94. The van der Waals surface area contributed by atoms with E-state index in [4.69, 9.17) is 0 Å². The summed E-state index contributed by atoms with van der Waals surface area (Å²) in [6, 6.07) is 10.8. The molecule has 0 spiro atoms. The molecule has 2 N–H and O–H groups in total. The maximum Gasteiger partial charge on any atom is 0.305 e. The highest BCUT2D eigenvalue weighted by molar-refractivity contribution is 5.82. The smallest absolute Gasteiger partial charge is 0.305 e. The third kappa shape index (κ3) is 6.18. The molecule has 1 amide bonds. The molecule has 2 heterocycles. The number of rotatable bonds is 9. The number of carboxylic acid groups (broad SMARTS) is 1. The van der Waals surface area contributed by atoms with Gasteiger partial charge in [-0.25, -0.2) is 0 Å². The maximum atomic E-state index is 13.4. The van der Waals surface area contributed by atoms with Crippen LogP contribution in [0, 0.1) is 5.92 Å². The van der Waals surface area contributed by atoms with Crippen LogP contribution in [0.2, 0.25) is 0 Å². The molecule has 0 saturated heterocycles. The number of nitrogens with one attached hydrogen (secondary N) is 1. The molecule has 0 aliphatic carbocycles. The second-order valence-corrected chi connectivity index (χ2v) is 9.26. The molecule has 3 rings (SSSR count). The first-order chi connectivity index (χ1) is 16.6. The molecule has 0 saturated carbocycles. The van der Waals surface area contributed by atoms with Crippen LogP contribution in [0.5, 0.6) is 0 Å². The Morgan fingerprint density at radius 1 is 1.11 bits per heavy atom. The van der Waals surface area contributed by atoms with Crippen molar-refractivity contribution in [2.24, 2.45) is 5.92 Å². The van der Waals surface area contributed by atoms with E-state index in [1.54, 1.807) is 18.3 Å². The van der Waals surface area contributed by atoms with E-state index in [0.717, 1.165) is 22.5 Å². The lowest BCUT2D eigenvalue weighted by Gasteiger charge is -2.27. The summed E-state index contributed by atoms with van der Waals surface area (Å²) in [5, 5.41) is 12.5. The number of amides is 1. The van der Waals surface area contributed by atoms with Crippen molar-refractivity contribution in [2.45, 2.75) is 45.7 Å². The third-order valence-electron chi connectivity index (χ3n) is 6.25. The summed E-state index contributed by atoms with van der Waals surface area (Å²) < 4.78 is 1.41. The van der Waals surface area contributed by atoms with Gasteiger partial charge in [-0.15, -0.1) is 0 Å². The number of nitrogens with zero attached hydrogens (tertiary/aromatic N) is 2. The molecule has 1 aromatic carbocycles. The van der Waals surface area contributed by atoms with Crippen LogP contribution in [0.3, 0.4) is 0 Å². The second-order valence-electron chi connectivity index (χ2n) is 9.26. The van der Waals surface area contributed by atoms with Gasteiger partial charge in [0.25, 0.3) is 5.56 Å². The van der Waals surface area contributed by atoms with E-state index >= 15 is 0 Å². The molecule has 35 heavy (non-hydrogen) atoms. The molecule has 0 bridgehead atoms. The van der Waals surface area contributed by atoms with Crippen LogP contribution in [-0.2, 0) is 9.59 Å². The number of benzene rings is 1. The van der Waals surface area contributed by atoms with Gasteiger partial charge in [0.15, 0.2) is 0 Å². The average molecular weight is 476 g/mol. The van der Waals surface area contributed by atoms with Crippen molar-refractivity contribution < 1.29 is 14.7 Å². The fraction of sp³-hybridized carbons (Fsp3) is 0.321. The lowest BCUT2D eigenvalue weighted by atomic mass is 9.94. The molecule has 2 aromatic rings. The topological polar surface area (TPSA) is 91.6 Å². The Kier molecular flexibility index (Phi) is 8.12. The van der Waals surface area contributed by atoms with Crippen molar-refractivity contribution in [2.75, 3.05) is 7.05 Å². The minimum Gasteiger partial charge on any atom is -0.481 e. The molecule has 0 radical (unpaired) electrons. The van der Waals surface area contributed by atoms with Gasteiger partial charge >= 0.3 is 5.97 Å². The first-order valence-corrected chi connectivity index (χ1v) is 11.7. The minimum absolute atomic E-state index is 0.152. The van der Waals surface area contributed by atoms with Crippen molar-refractivity contribution in [3.8, 4) is 0 Å². The van der Waals surface area contributed by atoms with Gasteiger partial charge in [-0.05, 0) is 48.6 Å². The Bertz CT molecular complexity index is 1240. The number of carbonyl (C=O) groups is 2. The Labute approximate surface area is 206 Å². The minimum atomic E-state index is -1.03. The predicted molar refractivity (Wildman–Crippen MR) is 137 cm³/mol. The molecule has 0 fully saturated rings. The maximum absolute atomic E-state index is 13.4. The summed E-state index contributed by atoms with van der Waals surface area (Å²) >= 11 is 0. The molecule has 1 aliphatic rings. The van der Waals surface area contributed by atoms with E-state index in [0.29, 0.717) is 12.0 Å². The zero-order valence-electron chi connectivity index (χ0n) is 20.7. The lowest BCUT2D eigenvalue weighted by Crippen LogP contribution is -2.39. The van der Waals surface area contributed by atoms with Crippen LogP contribution in [0.4, 0.5) is 0 Å². The van der Waals surface area contributed by atoms with Gasteiger partial charge < -0.3 is 19.9 Å². The fourth-order valence-corrected chi connectivity index (χ4v) is 4.22. The van der Waals surface area contributed by atoms with Crippen molar-refractivity contribution in [3.63, 3.8) is 0 Å². The molecular weight excluding hydrogens is 442 g/mol. The van der Waals surface area contributed by atoms with E-state index in [-0.39, 0.29) is 23.8 Å². The van der Waals surface area contributed by atoms with Crippen LogP contribution in [0.25, 0.3) is 5.57 Å². The van der Waals surface area contributed by atoms with Gasteiger partial charge in [-0.1, -0.05) is 50.8 Å². The normalized spacial score (nSPS) is 15.3. The first-order valence-electron chi connectivity index (χ1n) is 11.7. The largest absolute Gasteiger partial charge is 0.481 e. The summed E-state index contributed by atoms with van der Waals surface area (Å²) in [6.07, 6.45) is 5.68. The predicted octanol–water partition coefficient (Wildman–Crippen LogP) is 4.51. The number of allylic oxidation sites excluding steroid dienone is 4. The molecule has 7 nitrogen and oxygen atoms in total. The lowest BCUT2D eigenvalue weighted by molar-refractivity contribution is -0.138. The van der Waals surface area contributed by atoms with Crippen LogP contribution < -0.4 is 10.9 Å². The standard InChI is InChI=1S/C28H33N3O4/c1-18(2)15-25(31-14-7-6-11-26(31)32)28(35)29-24(17-27(33)34)22-10-8-9-21(16-22)23-13-12-19(3)30(5)20(23)4/h6-14,16,18,24-25H,3,15,17H2,1-2,4-5H3,(H,29,35)(H,33,34)/t24-,25?/m0/s1. The number of aliphatic carboxylic acids is 1. The summed E-state index contributed by atoms with van der Waals surface area (Å²) in [5.41, 5.74) is 4.22. The zero-order chi connectivity index (χ0) is 25.7. The van der Waals surface area contributed by atoms with Crippen molar-refractivity contribution in [1.82, 2.24) is 14.8 Å². The summed E-state index contributed by atoms with van der Waals surface area (Å²) in [4.78, 5) is 39.6. The van der Waals surface area contributed by atoms with Crippen molar-refractivity contribution >= 4 is 17.4 Å². The molecule has 1 unspecified atom stereocenters. The molecule has 2 atom stereocenters. The number of carboxylic acids is 1. The highest BCUT2D eigenvalue weighted by atomic mass is 16.4. The van der Waals surface area contributed by atoms with Gasteiger partial charge in [-0.3, -0.25) is 14.4 Å². The quantitative estimate of drug-likeness (QED) is 0.557. The van der Waals surface area contributed by atoms with E-state index in [2.05, 4.69) is 11.9 Å². The molecular formula is C28H33N3O4. The number of pyridine rings is 1. The van der Waals surface area contributed by atoms with Crippen molar-refractivity contribution in [3.05, 3.63) is 100 Å². The molecule has 1 aromatic heterocycles. The Hall–Kier alpha value is -3.87. The summed E-state index contributed by atoms with van der Waals surface area (Å²) in [6.45, 7) is 9.98. The van der Waals surface area contributed by atoms with E-state index in [1.807, 2.05) is 69.1 Å². The van der Waals surface area contributed by atoms with Crippen LogP contribution in [0.15, 0.2) is 83.6 Å². The number of aromatic nitrogens is 1. The molecule has 184 valence electrons. The van der Waals surface area contributed by atoms with Gasteiger partial charge in [0.1, 0.15) is 6.04 Å². The number of likely N-dealkylation sites (N-methyl/N-ethyl adjacent to an activating group) is 1. The highest BCUT2D eigenvalue weighted by Gasteiger charge is 2.27. The SMILES string of the molecule is C=C1C=CC(c2cccc([C@H](CC(=O)O)NC(=O)C(CC(C)C)n3ccccc3=O)c2)=C(C)N1C. The number of hydrogen-bond acceptors (Lipinski definition) is 4. The number of carbonyl (C=O) groups excluding carboxylic acids is 1. The van der Waals surface area contributed by atoms with E-state index < -0.39 is 18.1 Å². The molecule has 1 aliphatic heterocycles. The van der Waals surface area contributed by atoms with E-state index in [1.165, 1.54) is 10.6 Å². The van der Waals surface area contributed by atoms with Gasteiger partial charge in [0, 0.05) is 36.3 Å². The van der Waals surface area contributed by atoms with Gasteiger partial charge in [0.05, 0.1) is 12.5 Å². The van der Waals surface area contributed by atoms with Crippen LogP contribution in [-0.4, -0.2) is 33.5 Å². The number of hydrogen-bond donors (Lipinski definition) is 2.